The summed E-state index contributed by atoms with van der Waals surface area (Å²) < 4.78 is 3.57. The number of rotatable bonds is 3. The summed E-state index contributed by atoms with van der Waals surface area (Å²) in [6.45, 7) is 0. The van der Waals surface area contributed by atoms with Crippen LogP contribution in [0.15, 0.2) is 53.4 Å². The molecule has 0 saturated heterocycles. The first-order valence-corrected chi connectivity index (χ1v) is 9.02. The Bertz CT molecular complexity index is 695. The van der Waals surface area contributed by atoms with Gasteiger partial charge >= 0.3 is 0 Å². The molecule has 0 aromatic heterocycles. The minimum absolute atomic E-state index is 0.632. The van der Waals surface area contributed by atoms with Crippen LogP contribution in [0.4, 0.5) is 5.69 Å². The quantitative estimate of drug-likeness (QED) is 0.493. The maximum Gasteiger partial charge on any atom is 0.0485 e. The van der Waals surface area contributed by atoms with Gasteiger partial charge in [0.25, 0.3) is 0 Å². The smallest absolute Gasteiger partial charge is 0.0485 e. The maximum atomic E-state index is 6.15. The molecule has 0 heterocycles. The first kappa shape index (κ1) is 16.0. The van der Waals surface area contributed by atoms with Gasteiger partial charge in [0.15, 0.2) is 0 Å². The molecule has 3 N–H and O–H groups in total. The Balaban J connectivity index is 1.62. The summed E-state index contributed by atoms with van der Waals surface area (Å²) in [4.78, 5) is 1.15. The number of nitrogens with one attached hydrogen (secondary N) is 1. The number of nitrogen functional groups attached to an aromatic ring is 1. The van der Waals surface area contributed by atoms with E-state index in [1.54, 1.807) is 11.9 Å². The molecule has 1 saturated carbocycles. The summed E-state index contributed by atoms with van der Waals surface area (Å²) in [7, 11) is 0. The average molecular weight is 322 g/mol. The first-order chi connectivity index (χ1) is 11.3. The van der Waals surface area contributed by atoms with E-state index in [9.17, 15) is 0 Å². The molecule has 3 rings (SSSR count). The predicted molar refractivity (Wildman–Crippen MR) is 99.1 cm³/mol. The zero-order valence-electron chi connectivity index (χ0n) is 13.2. The van der Waals surface area contributed by atoms with E-state index in [0.29, 0.717) is 6.04 Å². The lowest BCUT2D eigenvalue weighted by molar-refractivity contribution is 0.423. The van der Waals surface area contributed by atoms with E-state index in [1.807, 2.05) is 42.5 Å². The Morgan fingerprint density at radius 2 is 1.74 bits per heavy atom. The average Bonchev–Trinajstić information content (AvgIpc) is 2.61. The highest BCUT2D eigenvalue weighted by Crippen LogP contribution is 2.24. The molecular weight excluding hydrogens is 300 g/mol. The van der Waals surface area contributed by atoms with E-state index in [4.69, 9.17) is 5.73 Å². The third kappa shape index (κ3) is 4.79. The second-order valence-electron chi connectivity index (χ2n) is 5.92. The maximum absolute atomic E-state index is 6.15. The van der Waals surface area contributed by atoms with Crippen molar-refractivity contribution < 1.29 is 0 Å². The van der Waals surface area contributed by atoms with E-state index in [0.717, 1.165) is 21.7 Å². The van der Waals surface area contributed by atoms with Gasteiger partial charge in [0.05, 0.1) is 0 Å². The minimum Gasteiger partial charge on any atom is -0.398 e. The molecule has 0 spiro atoms. The van der Waals surface area contributed by atoms with Crippen LogP contribution >= 0.6 is 11.9 Å². The van der Waals surface area contributed by atoms with Crippen LogP contribution in [0.1, 0.15) is 43.2 Å². The van der Waals surface area contributed by atoms with Gasteiger partial charge < -0.3 is 5.73 Å². The van der Waals surface area contributed by atoms with Crippen LogP contribution in [-0.2, 0) is 0 Å². The SMILES string of the molecule is Nc1cc(SNC2CCCCC2)ccc1C#Cc1ccccc1. The highest BCUT2D eigenvalue weighted by atomic mass is 32.2. The number of anilines is 1. The van der Waals surface area contributed by atoms with Crippen LogP contribution in [0.25, 0.3) is 0 Å². The van der Waals surface area contributed by atoms with Crippen molar-refractivity contribution in [2.75, 3.05) is 5.73 Å². The lowest BCUT2D eigenvalue weighted by Crippen LogP contribution is -2.25. The fraction of sp³-hybridized carbons (Fsp3) is 0.300. The largest absolute Gasteiger partial charge is 0.398 e. The Hall–Kier alpha value is -1.89. The van der Waals surface area contributed by atoms with E-state index < -0.39 is 0 Å². The van der Waals surface area contributed by atoms with Crippen molar-refractivity contribution in [3.63, 3.8) is 0 Å². The lowest BCUT2D eigenvalue weighted by Gasteiger charge is -2.22. The topological polar surface area (TPSA) is 38.0 Å². The highest BCUT2D eigenvalue weighted by molar-refractivity contribution is 7.97. The van der Waals surface area contributed by atoms with Crippen LogP contribution in [0.5, 0.6) is 0 Å². The van der Waals surface area contributed by atoms with Gasteiger partial charge in [0, 0.05) is 27.8 Å². The summed E-state index contributed by atoms with van der Waals surface area (Å²) in [5.74, 6) is 6.31. The summed E-state index contributed by atoms with van der Waals surface area (Å²) in [5, 5.41) is 0. The normalized spacial score (nSPS) is 15.0. The lowest BCUT2D eigenvalue weighted by atomic mass is 9.96. The molecule has 0 radical (unpaired) electrons. The molecule has 2 aromatic carbocycles. The van der Waals surface area contributed by atoms with Gasteiger partial charge in [-0.25, -0.2) is 0 Å². The second kappa shape index (κ2) is 8.10. The number of hydrogen-bond donors (Lipinski definition) is 2. The van der Waals surface area contributed by atoms with Gasteiger partial charge in [-0.05, 0) is 55.1 Å². The minimum atomic E-state index is 0.632. The highest BCUT2D eigenvalue weighted by Gasteiger charge is 2.13. The molecular formula is C20H22N2S. The van der Waals surface area contributed by atoms with Gasteiger partial charge in [0.2, 0.25) is 0 Å². The molecule has 1 fully saturated rings. The third-order valence-corrected chi connectivity index (χ3v) is 5.03. The van der Waals surface area contributed by atoms with Crippen molar-refractivity contribution in [3.05, 3.63) is 59.7 Å². The summed E-state index contributed by atoms with van der Waals surface area (Å²) in [6.07, 6.45) is 6.62. The Labute approximate surface area is 143 Å². The van der Waals surface area contributed by atoms with Gasteiger partial charge in [0.1, 0.15) is 0 Å². The molecule has 1 aliphatic rings. The zero-order chi connectivity index (χ0) is 15.9. The van der Waals surface area contributed by atoms with Crippen LogP contribution in [0, 0.1) is 11.8 Å². The van der Waals surface area contributed by atoms with Crippen molar-refractivity contribution in [1.29, 1.82) is 0 Å². The molecule has 0 unspecified atom stereocenters. The van der Waals surface area contributed by atoms with Gasteiger partial charge in [-0.15, -0.1) is 0 Å². The molecule has 2 nitrogen and oxygen atoms in total. The van der Waals surface area contributed by atoms with Gasteiger partial charge in [-0.1, -0.05) is 49.3 Å². The van der Waals surface area contributed by atoms with Gasteiger partial charge in [-0.2, -0.15) is 0 Å². The van der Waals surface area contributed by atoms with E-state index in [2.05, 4.69) is 22.6 Å². The number of benzene rings is 2. The third-order valence-electron chi connectivity index (χ3n) is 4.09. The molecule has 0 bridgehead atoms. The van der Waals surface area contributed by atoms with Crippen molar-refractivity contribution in [1.82, 2.24) is 4.72 Å². The van der Waals surface area contributed by atoms with Crippen molar-refractivity contribution in [2.45, 2.75) is 43.0 Å². The molecule has 2 aromatic rings. The molecule has 0 amide bonds. The number of hydrogen-bond acceptors (Lipinski definition) is 3. The van der Waals surface area contributed by atoms with Crippen molar-refractivity contribution in [3.8, 4) is 11.8 Å². The molecule has 0 aliphatic heterocycles. The summed E-state index contributed by atoms with van der Waals surface area (Å²) in [6, 6.07) is 16.7. The van der Waals surface area contributed by atoms with Crippen molar-refractivity contribution in [2.24, 2.45) is 0 Å². The fourth-order valence-electron chi connectivity index (χ4n) is 2.75. The van der Waals surface area contributed by atoms with Crippen molar-refractivity contribution >= 4 is 17.6 Å². The van der Waals surface area contributed by atoms with E-state index >= 15 is 0 Å². The molecule has 118 valence electrons. The fourth-order valence-corrected chi connectivity index (χ4v) is 3.61. The van der Waals surface area contributed by atoms with E-state index in [1.165, 1.54) is 32.1 Å². The summed E-state index contributed by atoms with van der Waals surface area (Å²) >= 11 is 1.69. The standard InChI is InChI=1S/C20H22N2S/c21-20-15-19(23-22-18-9-5-2-6-10-18)14-13-17(20)12-11-16-7-3-1-4-8-16/h1,3-4,7-8,13-15,18,22H,2,5-6,9-10,21H2. The first-order valence-electron chi connectivity index (χ1n) is 8.20. The van der Waals surface area contributed by atoms with Gasteiger partial charge in [-0.3, -0.25) is 4.72 Å². The second-order valence-corrected chi connectivity index (χ2v) is 6.83. The Morgan fingerprint density at radius 1 is 0.957 bits per heavy atom. The monoisotopic (exact) mass is 322 g/mol. The predicted octanol–water partition coefficient (Wildman–Crippen LogP) is 4.60. The zero-order valence-corrected chi connectivity index (χ0v) is 14.0. The molecule has 3 heteroatoms. The van der Waals surface area contributed by atoms with Crippen LogP contribution in [0.2, 0.25) is 0 Å². The molecule has 0 atom stereocenters. The Morgan fingerprint density at radius 3 is 2.48 bits per heavy atom. The summed E-state index contributed by atoms with van der Waals surface area (Å²) in [5.41, 5.74) is 8.78. The number of nitrogens with two attached hydrogens (primary N) is 1. The molecule has 1 aliphatic carbocycles. The van der Waals surface area contributed by atoms with Crippen LogP contribution < -0.4 is 10.5 Å². The molecule has 23 heavy (non-hydrogen) atoms. The van der Waals surface area contributed by atoms with Crippen LogP contribution in [-0.4, -0.2) is 6.04 Å². The van der Waals surface area contributed by atoms with E-state index in [-0.39, 0.29) is 0 Å². The van der Waals surface area contributed by atoms with Crippen LogP contribution in [0.3, 0.4) is 0 Å². The Kier molecular flexibility index (Phi) is 5.63.